The third-order valence-electron chi connectivity index (χ3n) is 4.56. The van der Waals surface area contributed by atoms with Gasteiger partial charge in [-0.15, -0.1) is 0 Å². The number of carbonyl (C=O) groups is 2. The van der Waals surface area contributed by atoms with Crippen LogP contribution in [-0.2, 0) is 11.2 Å². The van der Waals surface area contributed by atoms with E-state index < -0.39 is 0 Å². The number of nitrogens with zero attached hydrogens (tertiary/aromatic N) is 2. The number of hydrogen-bond acceptors (Lipinski definition) is 3. The third-order valence-corrected chi connectivity index (χ3v) is 4.56. The molecule has 1 heterocycles. The number of aromatic nitrogens is 2. The molecule has 0 aliphatic carbocycles. The molecule has 2 amide bonds. The lowest BCUT2D eigenvalue weighted by Gasteiger charge is -2.21. The Bertz CT molecular complexity index is 905. The molecule has 2 N–H and O–H groups in total. The molecule has 0 atom stereocenters. The van der Waals surface area contributed by atoms with Gasteiger partial charge in [0.1, 0.15) is 0 Å². The van der Waals surface area contributed by atoms with Crippen LogP contribution in [0, 0.1) is 0 Å². The number of nitrogens with one attached hydrogen (secondary N) is 2. The van der Waals surface area contributed by atoms with Crippen molar-refractivity contribution in [2.45, 2.75) is 19.8 Å². The molecule has 1 aromatic heterocycles. The summed E-state index contributed by atoms with van der Waals surface area (Å²) in [5.74, 6) is -0.229. The van der Waals surface area contributed by atoms with E-state index in [9.17, 15) is 9.59 Å². The summed E-state index contributed by atoms with van der Waals surface area (Å²) in [7, 11) is 0. The highest BCUT2D eigenvalue weighted by atomic mass is 16.2. The van der Waals surface area contributed by atoms with E-state index in [0.29, 0.717) is 25.3 Å². The van der Waals surface area contributed by atoms with E-state index in [0.717, 1.165) is 17.3 Å². The second kappa shape index (κ2) is 8.98. The predicted octanol–water partition coefficient (Wildman–Crippen LogP) is 2.77. The summed E-state index contributed by atoms with van der Waals surface area (Å²) in [4.78, 5) is 26.6. The van der Waals surface area contributed by atoms with Gasteiger partial charge in [0.25, 0.3) is 5.91 Å². The Balaban J connectivity index is 1.48. The zero-order valence-corrected chi connectivity index (χ0v) is 15.4. The lowest BCUT2D eigenvalue weighted by molar-refractivity contribution is -0.130. The Hall–Kier alpha value is -3.15. The van der Waals surface area contributed by atoms with E-state index in [4.69, 9.17) is 0 Å². The maximum atomic E-state index is 12.4. The van der Waals surface area contributed by atoms with Crippen molar-refractivity contribution in [3.05, 3.63) is 65.9 Å². The van der Waals surface area contributed by atoms with Crippen molar-refractivity contribution in [2.75, 3.05) is 19.6 Å². The molecule has 0 saturated heterocycles. The quantitative estimate of drug-likeness (QED) is 0.645. The van der Waals surface area contributed by atoms with Crippen LogP contribution >= 0.6 is 0 Å². The van der Waals surface area contributed by atoms with Gasteiger partial charge in [-0.25, -0.2) is 0 Å². The van der Waals surface area contributed by atoms with Crippen LogP contribution in [0.25, 0.3) is 10.9 Å². The SMILES string of the molecule is CCN(CCc1ccccc1)C(=O)CCNC(=O)c1n[nH]c2ccccc12. The van der Waals surface area contributed by atoms with Crippen LogP contribution in [0.1, 0.15) is 29.4 Å². The summed E-state index contributed by atoms with van der Waals surface area (Å²) in [5.41, 5.74) is 2.38. The van der Waals surface area contributed by atoms with Crippen LogP contribution in [0.15, 0.2) is 54.6 Å². The molecule has 0 fully saturated rings. The number of hydrogen-bond donors (Lipinski definition) is 2. The normalized spacial score (nSPS) is 10.7. The Labute approximate surface area is 158 Å². The molecule has 0 aliphatic heterocycles. The van der Waals surface area contributed by atoms with Gasteiger partial charge >= 0.3 is 0 Å². The van der Waals surface area contributed by atoms with Gasteiger partial charge in [0, 0.05) is 31.4 Å². The first-order valence-corrected chi connectivity index (χ1v) is 9.22. The molecule has 3 aromatic rings. The van der Waals surface area contributed by atoms with E-state index in [1.54, 1.807) is 0 Å². The smallest absolute Gasteiger partial charge is 0.272 e. The highest BCUT2D eigenvalue weighted by molar-refractivity contribution is 6.04. The van der Waals surface area contributed by atoms with Crippen LogP contribution in [0.2, 0.25) is 0 Å². The Morgan fingerprint density at radius 1 is 1.07 bits per heavy atom. The van der Waals surface area contributed by atoms with Gasteiger partial charge in [-0.05, 0) is 25.0 Å². The van der Waals surface area contributed by atoms with Crippen molar-refractivity contribution < 1.29 is 9.59 Å². The van der Waals surface area contributed by atoms with Crippen LogP contribution in [0.3, 0.4) is 0 Å². The largest absolute Gasteiger partial charge is 0.350 e. The lowest BCUT2D eigenvalue weighted by Crippen LogP contribution is -2.35. The number of benzene rings is 2. The molecule has 0 saturated carbocycles. The highest BCUT2D eigenvalue weighted by Crippen LogP contribution is 2.14. The van der Waals surface area contributed by atoms with Crippen molar-refractivity contribution in [3.8, 4) is 0 Å². The molecule has 6 nitrogen and oxygen atoms in total. The minimum atomic E-state index is -0.271. The van der Waals surface area contributed by atoms with E-state index in [2.05, 4.69) is 27.6 Å². The summed E-state index contributed by atoms with van der Waals surface area (Å²) in [6, 6.07) is 17.6. The molecule has 6 heteroatoms. The fraction of sp³-hybridized carbons (Fsp3) is 0.286. The molecule has 3 rings (SSSR count). The zero-order valence-electron chi connectivity index (χ0n) is 15.4. The van der Waals surface area contributed by atoms with E-state index in [-0.39, 0.29) is 18.2 Å². The molecular formula is C21H24N4O2. The molecule has 0 radical (unpaired) electrons. The number of aromatic amines is 1. The summed E-state index contributed by atoms with van der Waals surface area (Å²) < 4.78 is 0. The molecule has 2 aromatic carbocycles. The molecule has 140 valence electrons. The topological polar surface area (TPSA) is 78.1 Å². The van der Waals surface area contributed by atoms with Crippen molar-refractivity contribution in [1.82, 2.24) is 20.4 Å². The number of carbonyl (C=O) groups excluding carboxylic acids is 2. The van der Waals surface area contributed by atoms with E-state index >= 15 is 0 Å². The van der Waals surface area contributed by atoms with Crippen molar-refractivity contribution in [3.63, 3.8) is 0 Å². The van der Waals surface area contributed by atoms with Crippen LogP contribution in [0.5, 0.6) is 0 Å². The number of amides is 2. The number of H-pyrrole nitrogens is 1. The zero-order chi connectivity index (χ0) is 19.1. The third kappa shape index (κ3) is 4.73. The minimum absolute atomic E-state index is 0.0422. The van der Waals surface area contributed by atoms with E-state index in [1.165, 1.54) is 5.56 Å². The summed E-state index contributed by atoms with van der Waals surface area (Å²) in [6.45, 7) is 3.60. The highest BCUT2D eigenvalue weighted by Gasteiger charge is 2.15. The van der Waals surface area contributed by atoms with Crippen molar-refractivity contribution in [2.24, 2.45) is 0 Å². The first kappa shape index (κ1) is 18.6. The van der Waals surface area contributed by atoms with Gasteiger partial charge in [-0.2, -0.15) is 5.10 Å². The van der Waals surface area contributed by atoms with Gasteiger partial charge in [-0.3, -0.25) is 14.7 Å². The molecule has 0 unspecified atom stereocenters. The maximum Gasteiger partial charge on any atom is 0.272 e. The van der Waals surface area contributed by atoms with Gasteiger partial charge in [0.2, 0.25) is 5.91 Å². The fourth-order valence-electron chi connectivity index (χ4n) is 3.03. The Kier molecular flexibility index (Phi) is 6.20. The average Bonchev–Trinajstić information content (AvgIpc) is 3.13. The average molecular weight is 364 g/mol. The second-order valence-corrected chi connectivity index (χ2v) is 6.33. The van der Waals surface area contributed by atoms with Crippen molar-refractivity contribution >= 4 is 22.7 Å². The molecular weight excluding hydrogens is 340 g/mol. The number of likely N-dealkylation sites (N-methyl/N-ethyl adjacent to an activating group) is 1. The standard InChI is InChI=1S/C21H24N4O2/c1-2-25(15-13-16-8-4-3-5-9-16)19(26)12-14-22-21(27)20-17-10-6-7-11-18(17)23-24-20/h3-11H,2,12-15H2,1H3,(H,22,27)(H,23,24). The van der Waals surface area contributed by atoms with Gasteiger partial charge in [0.15, 0.2) is 5.69 Å². The van der Waals surface area contributed by atoms with Gasteiger partial charge in [0.05, 0.1) is 5.52 Å². The van der Waals surface area contributed by atoms with Crippen LogP contribution < -0.4 is 5.32 Å². The van der Waals surface area contributed by atoms with Gasteiger partial charge < -0.3 is 10.2 Å². The van der Waals surface area contributed by atoms with Gasteiger partial charge in [-0.1, -0.05) is 48.5 Å². The first-order chi connectivity index (χ1) is 13.2. The fourth-order valence-corrected chi connectivity index (χ4v) is 3.03. The number of fused-ring (bicyclic) bond motifs is 1. The molecule has 0 spiro atoms. The predicted molar refractivity (Wildman–Crippen MR) is 105 cm³/mol. The number of para-hydroxylation sites is 1. The minimum Gasteiger partial charge on any atom is -0.350 e. The molecule has 27 heavy (non-hydrogen) atoms. The lowest BCUT2D eigenvalue weighted by atomic mass is 10.1. The monoisotopic (exact) mass is 364 g/mol. The number of rotatable bonds is 8. The summed E-state index contributed by atoms with van der Waals surface area (Å²) >= 11 is 0. The van der Waals surface area contributed by atoms with Crippen molar-refractivity contribution in [1.29, 1.82) is 0 Å². The molecule has 0 bridgehead atoms. The Morgan fingerprint density at radius 3 is 2.59 bits per heavy atom. The molecule has 0 aliphatic rings. The van der Waals surface area contributed by atoms with Crippen LogP contribution in [0.4, 0.5) is 0 Å². The van der Waals surface area contributed by atoms with E-state index in [1.807, 2.05) is 54.3 Å². The first-order valence-electron chi connectivity index (χ1n) is 9.22. The Morgan fingerprint density at radius 2 is 1.81 bits per heavy atom. The maximum absolute atomic E-state index is 12.4. The second-order valence-electron chi connectivity index (χ2n) is 6.33. The summed E-state index contributed by atoms with van der Waals surface area (Å²) in [6.07, 6.45) is 1.10. The summed E-state index contributed by atoms with van der Waals surface area (Å²) in [5, 5.41) is 10.5. The van der Waals surface area contributed by atoms with Crippen LogP contribution in [-0.4, -0.2) is 46.5 Å².